The number of nitrogens with zero attached hydrogens (tertiary/aromatic N) is 6. The van der Waals surface area contributed by atoms with Gasteiger partial charge in [-0.15, -0.1) is 34.2 Å². The molecule has 2 aromatic rings. The molecule has 0 saturated heterocycles. The second-order valence-electron chi connectivity index (χ2n) is 7.18. The van der Waals surface area contributed by atoms with E-state index in [0.29, 0.717) is 6.54 Å². The number of hydrogen-bond acceptors (Lipinski definition) is 5. The molecule has 0 aliphatic carbocycles. The summed E-state index contributed by atoms with van der Waals surface area (Å²) in [5.41, 5.74) is 3.61. The Balaban J connectivity index is 0.00000420. The van der Waals surface area contributed by atoms with Crippen LogP contribution in [-0.4, -0.2) is 55.1 Å². The van der Waals surface area contributed by atoms with Gasteiger partial charge in [-0.1, -0.05) is 0 Å². The Morgan fingerprint density at radius 2 is 1.93 bits per heavy atom. The van der Waals surface area contributed by atoms with Gasteiger partial charge in [-0.3, -0.25) is 4.68 Å². The second-order valence-corrected chi connectivity index (χ2v) is 8.17. The second kappa shape index (κ2) is 12.4. The van der Waals surface area contributed by atoms with Crippen molar-refractivity contribution in [3.8, 4) is 0 Å². The lowest BCUT2D eigenvalue weighted by Crippen LogP contribution is -2.43. The fraction of sp³-hybridized carbons (Fsp3) is 0.684. The summed E-state index contributed by atoms with van der Waals surface area (Å²) in [4.78, 5) is 4.74. The van der Waals surface area contributed by atoms with Gasteiger partial charge in [-0.25, -0.2) is 4.99 Å². The lowest BCUT2D eigenvalue weighted by atomic mass is 10.1. The molecule has 0 bridgehead atoms. The number of nitrogens with one attached hydrogen (secondary N) is 2. The molecule has 10 heteroatoms. The molecule has 0 aliphatic heterocycles. The Bertz CT molecular complexity index is 798. The van der Waals surface area contributed by atoms with E-state index in [2.05, 4.69) is 53.0 Å². The fourth-order valence-corrected chi connectivity index (χ4v) is 3.45. The smallest absolute Gasteiger partial charge is 0.191 e. The van der Waals surface area contributed by atoms with Crippen LogP contribution in [0.15, 0.2) is 4.99 Å². The first-order chi connectivity index (χ1) is 13.3. The maximum absolute atomic E-state index is 4.74. The molecule has 0 fully saturated rings. The summed E-state index contributed by atoms with van der Waals surface area (Å²) in [5, 5.41) is 19.8. The Morgan fingerprint density at radius 1 is 1.21 bits per heavy atom. The van der Waals surface area contributed by atoms with Crippen LogP contribution in [0.25, 0.3) is 0 Å². The van der Waals surface area contributed by atoms with Gasteiger partial charge in [0.15, 0.2) is 11.8 Å². The van der Waals surface area contributed by atoms with Crippen LogP contribution in [0.1, 0.15) is 41.9 Å². The van der Waals surface area contributed by atoms with Crippen molar-refractivity contribution in [3.05, 3.63) is 28.6 Å². The van der Waals surface area contributed by atoms with Crippen molar-refractivity contribution in [2.45, 2.75) is 53.1 Å². The number of aromatic nitrogens is 5. The Morgan fingerprint density at radius 3 is 2.48 bits per heavy atom. The zero-order valence-corrected chi connectivity index (χ0v) is 21.8. The van der Waals surface area contributed by atoms with Gasteiger partial charge in [0.25, 0.3) is 0 Å². The third-order valence-electron chi connectivity index (χ3n) is 4.93. The minimum Gasteiger partial charge on any atom is -0.356 e. The average molecular weight is 535 g/mol. The van der Waals surface area contributed by atoms with E-state index < -0.39 is 0 Å². The van der Waals surface area contributed by atoms with Crippen LogP contribution in [0, 0.1) is 20.8 Å². The highest BCUT2D eigenvalue weighted by Gasteiger charge is 2.14. The normalized spacial score (nSPS) is 12.6. The number of aliphatic imine (C=N–C) groups is 1. The molecule has 8 nitrogen and oxygen atoms in total. The van der Waals surface area contributed by atoms with Crippen LogP contribution < -0.4 is 10.6 Å². The highest BCUT2D eigenvalue weighted by molar-refractivity contribution is 14.0. The molecule has 0 aliphatic rings. The van der Waals surface area contributed by atoms with Crippen LogP contribution in [0.3, 0.4) is 0 Å². The largest absolute Gasteiger partial charge is 0.356 e. The third-order valence-corrected chi connectivity index (χ3v) is 5.63. The minimum absolute atomic E-state index is 0. The molecule has 0 amide bonds. The molecule has 0 saturated carbocycles. The Labute approximate surface area is 195 Å². The Hall–Kier alpha value is -1.30. The highest BCUT2D eigenvalue weighted by Crippen LogP contribution is 2.14. The molecule has 0 radical (unpaired) electrons. The summed E-state index contributed by atoms with van der Waals surface area (Å²) >= 11 is 1.86. The monoisotopic (exact) mass is 534 g/mol. The van der Waals surface area contributed by atoms with E-state index in [9.17, 15) is 0 Å². The van der Waals surface area contributed by atoms with Gasteiger partial charge in [0.1, 0.15) is 12.4 Å². The summed E-state index contributed by atoms with van der Waals surface area (Å²) in [6, 6.07) is 0.231. The van der Waals surface area contributed by atoms with Gasteiger partial charge in [0.2, 0.25) is 0 Å². The molecular weight excluding hydrogens is 499 g/mol. The molecule has 164 valence electrons. The van der Waals surface area contributed by atoms with E-state index in [1.807, 2.05) is 42.0 Å². The summed E-state index contributed by atoms with van der Waals surface area (Å²) in [6.07, 6.45) is 4.13. The van der Waals surface area contributed by atoms with E-state index in [0.717, 1.165) is 48.4 Å². The highest BCUT2D eigenvalue weighted by atomic mass is 127. The summed E-state index contributed by atoms with van der Waals surface area (Å²) in [6.45, 7) is 9.70. The first-order valence-electron chi connectivity index (χ1n) is 9.71. The molecule has 29 heavy (non-hydrogen) atoms. The predicted molar refractivity (Wildman–Crippen MR) is 132 cm³/mol. The van der Waals surface area contributed by atoms with Crippen molar-refractivity contribution in [3.63, 3.8) is 0 Å². The van der Waals surface area contributed by atoms with Crippen LogP contribution in [0.2, 0.25) is 0 Å². The molecule has 1 atom stereocenters. The minimum atomic E-state index is 0. The lowest BCUT2D eigenvalue weighted by Gasteiger charge is -2.19. The van der Waals surface area contributed by atoms with Crippen LogP contribution in [0.4, 0.5) is 0 Å². The average Bonchev–Trinajstić information content (AvgIpc) is 3.09. The standard InChI is InChI=1S/C19H34N8S.HI/c1-13(11-17-14(2)25-27(6)15(17)3)22-19(20-9-8-10-28-7)21-12-18-24-23-16(4)26(18)5;/h13H,8-12H2,1-7H3,(H2,20,21,22);1H. The Kier molecular flexibility index (Phi) is 11.0. The number of halogens is 1. The van der Waals surface area contributed by atoms with Crippen LogP contribution >= 0.6 is 35.7 Å². The summed E-state index contributed by atoms with van der Waals surface area (Å²) in [7, 11) is 3.96. The molecule has 2 N–H and O–H groups in total. The van der Waals surface area contributed by atoms with Crippen molar-refractivity contribution in [1.82, 2.24) is 35.2 Å². The molecule has 1 unspecified atom stereocenters. The SMILES string of the molecule is CSCCCNC(=NCc1nnc(C)n1C)NC(C)Cc1c(C)nn(C)c1C.I. The van der Waals surface area contributed by atoms with E-state index in [1.54, 1.807) is 0 Å². The zero-order chi connectivity index (χ0) is 20.7. The van der Waals surface area contributed by atoms with Crippen LogP contribution in [-0.2, 0) is 27.1 Å². The first-order valence-corrected chi connectivity index (χ1v) is 11.1. The van der Waals surface area contributed by atoms with E-state index in [4.69, 9.17) is 4.99 Å². The zero-order valence-electron chi connectivity index (χ0n) is 18.6. The van der Waals surface area contributed by atoms with Crippen LogP contribution in [0.5, 0.6) is 0 Å². The molecule has 2 aromatic heterocycles. The third kappa shape index (κ3) is 7.47. The molecular formula is C19H35IN8S. The van der Waals surface area contributed by atoms with Crippen molar-refractivity contribution in [2.75, 3.05) is 18.6 Å². The number of rotatable bonds is 9. The number of hydrogen-bond donors (Lipinski definition) is 2. The number of thioether (sulfide) groups is 1. The fourth-order valence-electron chi connectivity index (χ4n) is 3.02. The summed E-state index contributed by atoms with van der Waals surface area (Å²) < 4.78 is 3.92. The maximum Gasteiger partial charge on any atom is 0.191 e. The van der Waals surface area contributed by atoms with Crippen molar-refractivity contribution in [1.29, 1.82) is 0 Å². The van der Waals surface area contributed by atoms with Crippen molar-refractivity contribution in [2.24, 2.45) is 19.1 Å². The topological polar surface area (TPSA) is 84.9 Å². The quantitative estimate of drug-likeness (QED) is 0.223. The van der Waals surface area contributed by atoms with Gasteiger partial charge in [0, 0.05) is 32.4 Å². The van der Waals surface area contributed by atoms with Gasteiger partial charge in [-0.2, -0.15) is 16.9 Å². The van der Waals surface area contributed by atoms with E-state index in [-0.39, 0.29) is 30.0 Å². The molecule has 0 spiro atoms. The first kappa shape index (κ1) is 25.7. The van der Waals surface area contributed by atoms with Gasteiger partial charge in [-0.05, 0) is 58.1 Å². The van der Waals surface area contributed by atoms with E-state index >= 15 is 0 Å². The molecule has 2 rings (SSSR count). The lowest BCUT2D eigenvalue weighted by molar-refractivity contribution is 0.630. The van der Waals surface area contributed by atoms with Gasteiger partial charge >= 0.3 is 0 Å². The summed E-state index contributed by atoms with van der Waals surface area (Å²) in [5.74, 6) is 3.69. The van der Waals surface area contributed by atoms with Gasteiger partial charge in [0.05, 0.1) is 5.69 Å². The maximum atomic E-state index is 4.74. The molecule has 2 heterocycles. The number of aryl methyl sites for hydroxylation is 3. The molecule has 0 aromatic carbocycles. The predicted octanol–water partition coefficient (Wildman–Crippen LogP) is 2.51. The van der Waals surface area contributed by atoms with Gasteiger partial charge < -0.3 is 15.2 Å². The van der Waals surface area contributed by atoms with Crippen molar-refractivity contribution < 1.29 is 0 Å². The number of guanidine groups is 1. The van der Waals surface area contributed by atoms with E-state index in [1.165, 1.54) is 11.3 Å². The van der Waals surface area contributed by atoms with Crippen molar-refractivity contribution >= 4 is 41.7 Å².